The number of imide groups is 1. The topological polar surface area (TPSA) is 91.8 Å². The van der Waals surface area contributed by atoms with Gasteiger partial charge in [0.25, 0.3) is 0 Å². The Kier molecular flexibility index (Phi) is 4.55. The van der Waals surface area contributed by atoms with Gasteiger partial charge in [-0.3, -0.25) is 24.1 Å². The highest BCUT2D eigenvalue weighted by molar-refractivity contribution is 6.23. The Labute approximate surface area is 184 Å². The van der Waals surface area contributed by atoms with Crippen molar-refractivity contribution in [2.75, 3.05) is 6.54 Å². The molecule has 1 saturated heterocycles. The number of para-hydroxylation sites is 1. The summed E-state index contributed by atoms with van der Waals surface area (Å²) in [5, 5.41) is 10.5. The summed E-state index contributed by atoms with van der Waals surface area (Å²) in [6.45, 7) is 3.57. The van der Waals surface area contributed by atoms with E-state index in [1.165, 1.54) is 23.1 Å². The fraction of sp³-hybridized carbons (Fsp3) is 0.360. The van der Waals surface area contributed by atoms with Crippen molar-refractivity contribution in [3.8, 4) is 5.75 Å². The molecule has 4 atom stereocenters. The van der Waals surface area contributed by atoms with Gasteiger partial charge in [-0.1, -0.05) is 23.8 Å². The van der Waals surface area contributed by atoms with E-state index >= 15 is 0 Å². The Bertz CT molecular complexity index is 1210. The number of ketones is 2. The van der Waals surface area contributed by atoms with E-state index < -0.39 is 35.2 Å². The molecule has 1 aliphatic heterocycles. The van der Waals surface area contributed by atoms with Gasteiger partial charge in [-0.05, 0) is 44.7 Å². The van der Waals surface area contributed by atoms with E-state index in [1.54, 1.807) is 13.8 Å². The van der Waals surface area contributed by atoms with Gasteiger partial charge in [0.05, 0.1) is 11.8 Å². The molecule has 3 aliphatic carbocycles. The van der Waals surface area contributed by atoms with Gasteiger partial charge in [0, 0.05) is 34.7 Å². The maximum atomic E-state index is 14.3. The van der Waals surface area contributed by atoms with Crippen molar-refractivity contribution in [1.29, 1.82) is 0 Å². The molecule has 0 unspecified atom stereocenters. The minimum absolute atomic E-state index is 0.167. The number of halogens is 1. The number of likely N-dealkylation sites (tertiary alicyclic amines) is 1. The molecule has 4 aliphatic rings. The first-order valence-corrected chi connectivity index (χ1v) is 10.8. The summed E-state index contributed by atoms with van der Waals surface area (Å²) in [4.78, 5) is 53.3. The molecule has 7 heteroatoms. The molecule has 0 saturated carbocycles. The number of carbonyl (C=O) groups excluding carboxylic acids is 4. The van der Waals surface area contributed by atoms with Crippen LogP contribution in [0, 0.1) is 23.6 Å². The van der Waals surface area contributed by atoms with Gasteiger partial charge in [-0.15, -0.1) is 0 Å². The van der Waals surface area contributed by atoms with Crippen molar-refractivity contribution in [2.24, 2.45) is 17.8 Å². The van der Waals surface area contributed by atoms with Crippen LogP contribution in [-0.4, -0.2) is 39.9 Å². The number of fused-ring (bicyclic) bond motifs is 3. The second-order valence-electron chi connectivity index (χ2n) is 8.83. The van der Waals surface area contributed by atoms with Gasteiger partial charge in [-0.25, -0.2) is 4.39 Å². The third-order valence-electron chi connectivity index (χ3n) is 7.30. The molecule has 2 amide bonds. The minimum atomic E-state index is -0.848. The van der Waals surface area contributed by atoms with E-state index in [4.69, 9.17) is 0 Å². The first-order chi connectivity index (χ1) is 15.3. The fourth-order valence-corrected chi connectivity index (χ4v) is 5.86. The third-order valence-corrected chi connectivity index (χ3v) is 7.30. The predicted octanol–water partition coefficient (Wildman–Crippen LogP) is 2.98. The van der Waals surface area contributed by atoms with E-state index in [-0.39, 0.29) is 58.6 Å². The Morgan fingerprint density at radius 3 is 2.59 bits per heavy atom. The zero-order valence-electron chi connectivity index (χ0n) is 17.7. The molecule has 5 rings (SSSR count). The van der Waals surface area contributed by atoms with E-state index in [9.17, 15) is 28.7 Å². The number of carbonyl (C=O) groups is 4. The summed E-state index contributed by atoms with van der Waals surface area (Å²) in [7, 11) is 0. The lowest BCUT2D eigenvalue weighted by Crippen LogP contribution is -2.39. The van der Waals surface area contributed by atoms with Crippen LogP contribution >= 0.6 is 0 Å². The Morgan fingerprint density at radius 2 is 1.88 bits per heavy atom. The standard InChI is InChI=1S/C25H22FNO5/c1-3-27-24(31)14-8-7-12-15(20(14)25(27)32)10-16-18(28)9-11(2)22(29)21(16)19(12)13-5-4-6-17(26)23(13)30/h4-7,9,14-15,19-20,30H,3,8,10H2,1-2H3/t14-,15+,19+,20-/m0/s1. The molecule has 1 fully saturated rings. The lowest BCUT2D eigenvalue weighted by atomic mass is 9.59. The maximum Gasteiger partial charge on any atom is 0.233 e. The lowest BCUT2D eigenvalue weighted by Gasteiger charge is -2.42. The average Bonchev–Trinajstić information content (AvgIpc) is 3.02. The van der Waals surface area contributed by atoms with Gasteiger partial charge in [-0.2, -0.15) is 0 Å². The molecular formula is C25H22FNO5. The summed E-state index contributed by atoms with van der Waals surface area (Å²) in [6.07, 6.45) is 3.63. The van der Waals surface area contributed by atoms with E-state index in [0.717, 1.165) is 6.07 Å². The van der Waals surface area contributed by atoms with Crippen LogP contribution in [0.1, 0.15) is 38.2 Å². The summed E-state index contributed by atoms with van der Waals surface area (Å²) >= 11 is 0. The van der Waals surface area contributed by atoms with Gasteiger partial charge in [0.1, 0.15) is 0 Å². The third kappa shape index (κ3) is 2.63. The summed E-state index contributed by atoms with van der Waals surface area (Å²) in [6, 6.07) is 4.10. The molecule has 6 nitrogen and oxygen atoms in total. The monoisotopic (exact) mass is 435 g/mol. The maximum absolute atomic E-state index is 14.3. The van der Waals surface area contributed by atoms with Crippen molar-refractivity contribution < 1.29 is 28.7 Å². The van der Waals surface area contributed by atoms with Gasteiger partial charge < -0.3 is 5.11 Å². The zero-order chi connectivity index (χ0) is 22.9. The van der Waals surface area contributed by atoms with Crippen molar-refractivity contribution in [2.45, 2.75) is 32.6 Å². The van der Waals surface area contributed by atoms with Crippen LogP contribution in [0.3, 0.4) is 0 Å². The van der Waals surface area contributed by atoms with Crippen molar-refractivity contribution in [3.63, 3.8) is 0 Å². The molecule has 164 valence electrons. The highest BCUT2D eigenvalue weighted by Crippen LogP contribution is 2.56. The molecule has 32 heavy (non-hydrogen) atoms. The fourth-order valence-electron chi connectivity index (χ4n) is 5.86. The molecule has 0 bridgehead atoms. The Hall–Kier alpha value is -3.35. The number of allylic oxidation sites excluding steroid dienone is 6. The number of nitrogens with zero attached hydrogens (tertiary/aromatic N) is 1. The minimum Gasteiger partial charge on any atom is -0.505 e. The first kappa shape index (κ1) is 20.5. The van der Waals surface area contributed by atoms with Crippen LogP contribution in [0.25, 0.3) is 0 Å². The highest BCUT2D eigenvalue weighted by Gasteiger charge is 2.56. The van der Waals surface area contributed by atoms with Crippen molar-refractivity contribution in [3.05, 3.63) is 64.0 Å². The zero-order valence-corrected chi connectivity index (χ0v) is 17.7. The quantitative estimate of drug-likeness (QED) is 0.438. The van der Waals surface area contributed by atoms with Gasteiger partial charge in [0.2, 0.25) is 11.8 Å². The predicted molar refractivity (Wildman–Crippen MR) is 112 cm³/mol. The van der Waals surface area contributed by atoms with E-state index in [0.29, 0.717) is 12.0 Å². The second-order valence-corrected chi connectivity index (χ2v) is 8.83. The smallest absolute Gasteiger partial charge is 0.233 e. The van der Waals surface area contributed by atoms with E-state index in [2.05, 4.69) is 0 Å². The van der Waals surface area contributed by atoms with Crippen LogP contribution in [0.4, 0.5) is 4.39 Å². The van der Waals surface area contributed by atoms with Crippen molar-refractivity contribution >= 4 is 23.4 Å². The number of Topliss-reactive ketones (excluding diaryl/α,β-unsaturated/α-hetero) is 1. The van der Waals surface area contributed by atoms with E-state index in [1.807, 2.05) is 6.08 Å². The van der Waals surface area contributed by atoms with Crippen LogP contribution in [0.15, 0.2) is 52.6 Å². The average molecular weight is 435 g/mol. The van der Waals surface area contributed by atoms with Crippen LogP contribution in [0.5, 0.6) is 5.75 Å². The Balaban J connectivity index is 1.73. The molecule has 1 aromatic rings. The molecule has 0 aromatic heterocycles. The van der Waals surface area contributed by atoms with Crippen LogP contribution in [0.2, 0.25) is 0 Å². The number of hydrogen-bond donors (Lipinski definition) is 1. The number of rotatable bonds is 2. The molecule has 0 spiro atoms. The number of aromatic hydroxyl groups is 1. The lowest BCUT2D eigenvalue weighted by molar-refractivity contribution is -0.139. The summed E-state index contributed by atoms with van der Waals surface area (Å²) < 4.78 is 14.3. The molecule has 1 heterocycles. The van der Waals surface area contributed by atoms with Gasteiger partial charge in [0.15, 0.2) is 23.1 Å². The van der Waals surface area contributed by atoms with Crippen LogP contribution < -0.4 is 0 Å². The largest absolute Gasteiger partial charge is 0.505 e. The highest BCUT2D eigenvalue weighted by atomic mass is 19.1. The summed E-state index contributed by atoms with van der Waals surface area (Å²) in [5.74, 6) is -5.00. The second kappa shape index (κ2) is 7.08. The number of benzene rings is 1. The molecule has 0 radical (unpaired) electrons. The first-order valence-electron chi connectivity index (χ1n) is 10.8. The summed E-state index contributed by atoms with van der Waals surface area (Å²) in [5.41, 5.74) is 1.69. The SMILES string of the molecule is CCN1C(=O)[C@H]2[C@H](CC=C3[C@H](c4cccc(F)c4O)C4=C(C[C@H]32)C(=O)C=C(C)C4=O)C1=O. The van der Waals surface area contributed by atoms with Crippen LogP contribution in [-0.2, 0) is 19.2 Å². The molecule has 1 N–H and O–H groups in total. The number of phenolic OH excluding ortho intramolecular Hbond substituents is 1. The van der Waals surface area contributed by atoms with Gasteiger partial charge >= 0.3 is 0 Å². The number of hydrogen-bond acceptors (Lipinski definition) is 5. The molecule has 1 aromatic carbocycles. The number of phenols is 1. The number of amides is 2. The van der Waals surface area contributed by atoms with Crippen molar-refractivity contribution in [1.82, 2.24) is 4.90 Å². The molecular weight excluding hydrogens is 413 g/mol. The Morgan fingerprint density at radius 1 is 1.12 bits per heavy atom. The normalized spacial score (nSPS) is 29.5.